The number of carbonyl (C=O) groups excluding carboxylic acids is 1. The average molecular weight is 408 g/mol. The number of nitrogens with zero attached hydrogens (tertiary/aromatic N) is 2. The lowest BCUT2D eigenvalue weighted by molar-refractivity contribution is 0.102. The number of fused-ring (bicyclic) bond motifs is 1. The van der Waals surface area contributed by atoms with Crippen molar-refractivity contribution in [3.05, 3.63) is 35.2 Å². The van der Waals surface area contributed by atoms with Gasteiger partial charge in [-0.15, -0.1) is 11.3 Å². The largest absolute Gasteiger partial charge is 0.361 e. The van der Waals surface area contributed by atoms with Crippen LogP contribution < -0.4 is 5.32 Å². The molecule has 1 N–H and O–H groups in total. The molecule has 1 aromatic carbocycles. The van der Waals surface area contributed by atoms with Crippen LogP contribution in [0, 0.1) is 13.8 Å². The summed E-state index contributed by atoms with van der Waals surface area (Å²) in [5.41, 5.74) is 2.80. The van der Waals surface area contributed by atoms with Gasteiger partial charge in [0.2, 0.25) is 0 Å². The van der Waals surface area contributed by atoms with Gasteiger partial charge < -0.3 is 9.84 Å². The Labute approximate surface area is 165 Å². The predicted octanol–water partition coefficient (Wildman–Crippen LogP) is 5.39. The van der Waals surface area contributed by atoms with Crippen LogP contribution in [-0.2, 0) is 0 Å². The summed E-state index contributed by atoms with van der Waals surface area (Å²) in [5, 5.41) is 7.41. The van der Waals surface area contributed by atoms with Gasteiger partial charge in [0.15, 0.2) is 4.34 Å². The molecule has 1 amide bonds. The SMILES string of the molecule is Cc1noc(C)c1C(=O)Nc1ccc2nc(SCCSC(C)C)sc2c1. The quantitative estimate of drug-likeness (QED) is 0.418. The molecule has 0 spiro atoms. The van der Waals surface area contributed by atoms with Crippen molar-refractivity contribution >= 4 is 56.7 Å². The van der Waals surface area contributed by atoms with Gasteiger partial charge in [0, 0.05) is 17.2 Å². The van der Waals surface area contributed by atoms with Gasteiger partial charge in [-0.1, -0.05) is 30.8 Å². The Morgan fingerprint density at radius 3 is 2.81 bits per heavy atom. The maximum Gasteiger partial charge on any atom is 0.261 e. The number of anilines is 1. The first-order valence-corrected chi connectivity index (χ1v) is 11.2. The number of aromatic nitrogens is 2. The lowest BCUT2D eigenvalue weighted by Gasteiger charge is -2.04. The van der Waals surface area contributed by atoms with E-state index >= 15 is 0 Å². The van der Waals surface area contributed by atoms with Gasteiger partial charge in [-0.25, -0.2) is 4.98 Å². The van der Waals surface area contributed by atoms with Crippen molar-refractivity contribution in [1.29, 1.82) is 0 Å². The second-order valence-corrected chi connectivity index (χ2v) is 10.1. The molecule has 138 valence electrons. The molecule has 2 heterocycles. The van der Waals surface area contributed by atoms with Crippen LogP contribution in [0.4, 0.5) is 5.69 Å². The smallest absolute Gasteiger partial charge is 0.261 e. The summed E-state index contributed by atoms with van der Waals surface area (Å²) in [4.78, 5) is 17.1. The summed E-state index contributed by atoms with van der Waals surface area (Å²) in [6, 6.07) is 5.79. The number of benzene rings is 1. The van der Waals surface area contributed by atoms with Crippen molar-refractivity contribution in [1.82, 2.24) is 10.1 Å². The van der Waals surface area contributed by atoms with E-state index in [-0.39, 0.29) is 5.91 Å². The number of thiazole rings is 1. The fourth-order valence-electron chi connectivity index (χ4n) is 2.46. The highest BCUT2D eigenvalue weighted by Crippen LogP contribution is 2.32. The van der Waals surface area contributed by atoms with Gasteiger partial charge in [-0.05, 0) is 37.3 Å². The van der Waals surface area contributed by atoms with E-state index in [1.54, 1.807) is 36.9 Å². The summed E-state index contributed by atoms with van der Waals surface area (Å²) in [6.45, 7) is 7.93. The number of hydrogen-bond donors (Lipinski definition) is 1. The van der Waals surface area contributed by atoms with Crippen molar-refractivity contribution in [2.45, 2.75) is 37.3 Å². The van der Waals surface area contributed by atoms with Crippen molar-refractivity contribution < 1.29 is 9.32 Å². The number of nitrogens with one attached hydrogen (secondary N) is 1. The second-order valence-electron chi connectivity index (χ2n) is 6.08. The summed E-state index contributed by atoms with van der Waals surface area (Å²) >= 11 is 5.41. The Kier molecular flexibility index (Phi) is 6.26. The zero-order valence-electron chi connectivity index (χ0n) is 15.2. The summed E-state index contributed by atoms with van der Waals surface area (Å²) in [7, 11) is 0. The molecule has 0 aliphatic carbocycles. The average Bonchev–Trinajstić information content (AvgIpc) is 3.13. The molecular weight excluding hydrogens is 386 g/mol. The van der Waals surface area contributed by atoms with E-state index in [0.29, 0.717) is 22.3 Å². The van der Waals surface area contributed by atoms with Crippen LogP contribution in [0.3, 0.4) is 0 Å². The summed E-state index contributed by atoms with van der Waals surface area (Å²) in [6.07, 6.45) is 0. The summed E-state index contributed by atoms with van der Waals surface area (Å²) in [5.74, 6) is 2.50. The third kappa shape index (κ3) is 4.61. The number of thioether (sulfide) groups is 2. The van der Waals surface area contributed by atoms with Gasteiger partial charge in [0.25, 0.3) is 5.91 Å². The molecule has 3 rings (SSSR count). The lowest BCUT2D eigenvalue weighted by Crippen LogP contribution is -2.13. The molecule has 0 bridgehead atoms. The Morgan fingerprint density at radius 2 is 2.12 bits per heavy atom. The van der Waals surface area contributed by atoms with Crippen LogP contribution in [0.1, 0.15) is 35.7 Å². The molecule has 3 aromatic rings. The highest BCUT2D eigenvalue weighted by Gasteiger charge is 2.17. The molecular formula is C18H21N3O2S3. The van der Waals surface area contributed by atoms with Crippen LogP contribution in [-0.4, -0.2) is 32.8 Å². The maximum atomic E-state index is 12.5. The number of carbonyl (C=O) groups is 1. The number of aryl methyl sites for hydroxylation is 2. The second kappa shape index (κ2) is 8.45. The highest BCUT2D eigenvalue weighted by molar-refractivity contribution is 8.04. The van der Waals surface area contributed by atoms with Gasteiger partial charge in [-0.2, -0.15) is 11.8 Å². The molecule has 0 fully saturated rings. The van der Waals surface area contributed by atoms with Crippen LogP contribution >= 0.6 is 34.9 Å². The van der Waals surface area contributed by atoms with Crippen molar-refractivity contribution in [2.75, 3.05) is 16.8 Å². The summed E-state index contributed by atoms with van der Waals surface area (Å²) < 4.78 is 7.20. The molecule has 8 heteroatoms. The monoisotopic (exact) mass is 407 g/mol. The standard InChI is InChI=1S/C18H21N3O2S3/c1-10(2)24-7-8-25-18-20-14-6-5-13(9-15(14)26-18)19-17(22)16-11(3)21-23-12(16)4/h5-6,9-10H,7-8H2,1-4H3,(H,19,22). The van der Waals surface area contributed by atoms with Crippen molar-refractivity contribution in [3.8, 4) is 0 Å². The topological polar surface area (TPSA) is 68.0 Å². The normalized spacial score (nSPS) is 11.4. The zero-order valence-corrected chi connectivity index (χ0v) is 17.6. The Bertz CT molecular complexity index is 898. The molecule has 0 aliphatic heterocycles. The van der Waals surface area contributed by atoms with Crippen molar-refractivity contribution in [3.63, 3.8) is 0 Å². The van der Waals surface area contributed by atoms with E-state index in [4.69, 9.17) is 4.52 Å². The highest BCUT2D eigenvalue weighted by atomic mass is 32.2. The molecule has 0 atom stereocenters. The molecule has 0 radical (unpaired) electrons. The molecule has 0 unspecified atom stereocenters. The third-order valence-corrected chi connectivity index (χ3v) is 7.17. The first-order chi connectivity index (χ1) is 12.4. The molecule has 2 aromatic heterocycles. The fourth-order valence-corrected chi connectivity index (χ4v) is 5.47. The number of amides is 1. The van der Waals surface area contributed by atoms with Crippen LogP contribution in [0.2, 0.25) is 0 Å². The van der Waals surface area contributed by atoms with E-state index in [1.165, 1.54) is 0 Å². The molecule has 5 nitrogen and oxygen atoms in total. The first-order valence-electron chi connectivity index (χ1n) is 8.33. The molecule has 0 saturated heterocycles. The van der Waals surface area contributed by atoms with Gasteiger partial charge in [0.1, 0.15) is 11.3 Å². The van der Waals surface area contributed by atoms with Gasteiger partial charge >= 0.3 is 0 Å². The minimum absolute atomic E-state index is 0.203. The van der Waals surface area contributed by atoms with Crippen LogP contribution in [0.5, 0.6) is 0 Å². The first kappa shape index (κ1) is 19.3. The Morgan fingerprint density at radius 1 is 1.31 bits per heavy atom. The molecule has 0 aliphatic rings. The van der Waals surface area contributed by atoms with E-state index in [1.807, 2.05) is 30.0 Å². The van der Waals surface area contributed by atoms with Crippen molar-refractivity contribution in [2.24, 2.45) is 0 Å². The Balaban J connectivity index is 1.68. The van der Waals surface area contributed by atoms with E-state index in [2.05, 4.69) is 29.3 Å². The maximum absolute atomic E-state index is 12.5. The van der Waals surface area contributed by atoms with Gasteiger partial charge in [-0.3, -0.25) is 4.79 Å². The third-order valence-electron chi connectivity index (χ3n) is 3.65. The minimum Gasteiger partial charge on any atom is -0.361 e. The molecule has 0 saturated carbocycles. The molecule has 26 heavy (non-hydrogen) atoms. The Hall–Kier alpha value is -1.51. The minimum atomic E-state index is -0.203. The fraction of sp³-hybridized carbons (Fsp3) is 0.389. The lowest BCUT2D eigenvalue weighted by atomic mass is 10.2. The van der Waals surface area contributed by atoms with Crippen LogP contribution in [0.15, 0.2) is 27.1 Å². The predicted molar refractivity (Wildman–Crippen MR) is 112 cm³/mol. The van der Waals surface area contributed by atoms with E-state index in [9.17, 15) is 4.79 Å². The van der Waals surface area contributed by atoms with E-state index in [0.717, 1.165) is 31.7 Å². The number of rotatable bonds is 7. The number of hydrogen-bond acceptors (Lipinski definition) is 7. The zero-order chi connectivity index (χ0) is 18.7. The van der Waals surface area contributed by atoms with Gasteiger partial charge in [0.05, 0.1) is 15.9 Å². The van der Waals surface area contributed by atoms with Crippen LogP contribution in [0.25, 0.3) is 10.2 Å². The van der Waals surface area contributed by atoms with E-state index < -0.39 is 0 Å².